The molecule has 2 nitrogen and oxygen atoms in total. The van der Waals surface area contributed by atoms with Gasteiger partial charge in [0.2, 0.25) is 0 Å². The predicted molar refractivity (Wildman–Crippen MR) is 87.1 cm³/mol. The molecule has 2 aromatic carbocycles. The lowest BCUT2D eigenvalue weighted by atomic mass is 10.00. The fourth-order valence-electron chi connectivity index (χ4n) is 2.96. The van der Waals surface area contributed by atoms with Crippen LogP contribution in [0.4, 0.5) is 17.1 Å². The summed E-state index contributed by atoms with van der Waals surface area (Å²) in [7, 11) is 0. The molecule has 0 atom stereocenters. The fourth-order valence-corrected chi connectivity index (χ4v) is 2.96. The van der Waals surface area contributed by atoms with E-state index in [1.807, 2.05) is 0 Å². The highest BCUT2D eigenvalue weighted by Gasteiger charge is 2.17. The number of nitrogens with one attached hydrogen (secondary N) is 1. The second kappa shape index (κ2) is 5.58. The smallest absolute Gasteiger partial charge is 0.0463 e. The number of rotatable bonds is 3. The Balaban J connectivity index is 2.03. The Morgan fingerprint density at radius 1 is 1.10 bits per heavy atom. The average molecular weight is 266 g/mol. The van der Waals surface area contributed by atoms with E-state index in [2.05, 4.69) is 66.5 Å². The van der Waals surface area contributed by atoms with Crippen LogP contribution >= 0.6 is 0 Å². The Morgan fingerprint density at radius 2 is 1.90 bits per heavy atom. The van der Waals surface area contributed by atoms with Gasteiger partial charge in [-0.3, -0.25) is 0 Å². The van der Waals surface area contributed by atoms with Gasteiger partial charge in [-0.25, -0.2) is 0 Å². The van der Waals surface area contributed by atoms with Crippen molar-refractivity contribution in [2.24, 2.45) is 0 Å². The van der Waals surface area contributed by atoms with Crippen LogP contribution in [0, 0.1) is 6.92 Å². The third-order valence-corrected chi connectivity index (χ3v) is 4.02. The number of anilines is 3. The van der Waals surface area contributed by atoms with Crippen molar-refractivity contribution in [3.05, 3.63) is 53.6 Å². The van der Waals surface area contributed by atoms with E-state index in [9.17, 15) is 0 Å². The van der Waals surface area contributed by atoms with E-state index in [-0.39, 0.29) is 0 Å². The van der Waals surface area contributed by atoms with Crippen LogP contribution in [-0.2, 0) is 6.42 Å². The maximum absolute atomic E-state index is 3.52. The van der Waals surface area contributed by atoms with Crippen molar-refractivity contribution >= 4 is 17.1 Å². The van der Waals surface area contributed by atoms with E-state index in [4.69, 9.17) is 0 Å². The molecule has 3 rings (SSSR count). The molecule has 1 aliphatic rings. The first kappa shape index (κ1) is 13.0. The molecular weight excluding hydrogens is 244 g/mol. The molecule has 0 fully saturated rings. The summed E-state index contributed by atoms with van der Waals surface area (Å²) in [6.45, 7) is 6.43. The van der Waals surface area contributed by atoms with Gasteiger partial charge in [0.15, 0.2) is 0 Å². The summed E-state index contributed by atoms with van der Waals surface area (Å²) in [5.41, 5.74) is 6.69. The van der Waals surface area contributed by atoms with Gasteiger partial charge < -0.3 is 10.2 Å². The molecule has 0 unspecified atom stereocenters. The molecule has 0 spiro atoms. The van der Waals surface area contributed by atoms with Gasteiger partial charge in [0.05, 0.1) is 0 Å². The summed E-state index contributed by atoms with van der Waals surface area (Å²) in [6, 6.07) is 15.4. The molecule has 1 N–H and O–H groups in total. The monoisotopic (exact) mass is 266 g/mol. The molecule has 2 heteroatoms. The molecule has 0 saturated carbocycles. The average Bonchev–Trinajstić information content (AvgIpc) is 2.50. The van der Waals surface area contributed by atoms with Crippen LogP contribution in [0.15, 0.2) is 42.5 Å². The largest absolute Gasteiger partial charge is 0.385 e. The maximum atomic E-state index is 3.52. The third-order valence-electron chi connectivity index (χ3n) is 4.02. The number of hydrogen-bond donors (Lipinski definition) is 1. The number of aryl methyl sites for hydroxylation is 1. The summed E-state index contributed by atoms with van der Waals surface area (Å²) in [5.74, 6) is 0. The molecule has 0 aromatic heterocycles. The van der Waals surface area contributed by atoms with Gasteiger partial charge in [0.1, 0.15) is 0 Å². The van der Waals surface area contributed by atoms with Gasteiger partial charge >= 0.3 is 0 Å². The lowest BCUT2D eigenvalue weighted by molar-refractivity contribution is 0.824. The lowest BCUT2D eigenvalue weighted by Crippen LogP contribution is -2.20. The summed E-state index contributed by atoms with van der Waals surface area (Å²) in [5, 5.41) is 3.52. The first-order valence-corrected chi connectivity index (χ1v) is 7.49. The summed E-state index contributed by atoms with van der Waals surface area (Å²) in [4.78, 5) is 2.41. The molecular formula is C18H22N2. The molecule has 0 amide bonds. The molecule has 1 aliphatic heterocycles. The van der Waals surface area contributed by atoms with Crippen molar-refractivity contribution in [2.45, 2.75) is 26.7 Å². The second-order valence-electron chi connectivity index (χ2n) is 5.41. The van der Waals surface area contributed by atoms with E-state index in [0.717, 1.165) is 13.1 Å². The molecule has 2 aromatic rings. The molecule has 0 aliphatic carbocycles. The van der Waals surface area contributed by atoms with Crippen molar-refractivity contribution in [3.8, 4) is 0 Å². The predicted octanol–water partition coefficient (Wildman–Crippen LogP) is 4.51. The standard InChI is InChI=1S/C18H22N2/c1-3-20(15-11-9-14(2)10-12-15)18-8-4-7-17-16(18)6-5-13-19-17/h4,7-12,19H,3,5-6,13H2,1-2H3. The van der Waals surface area contributed by atoms with Crippen molar-refractivity contribution in [1.29, 1.82) is 0 Å². The number of fused-ring (bicyclic) bond motifs is 1. The number of nitrogens with zero attached hydrogens (tertiary/aromatic N) is 1. The van der Waals surface area contributed by atoms with Gasteiger partial charge in [0.25, 0.3) is 0 Å². The SMILES string of the molecule is CCN(c1ccc(C)cc1)c1cccc2c1CCCN2. The van der Waals surface area contributed by atoms with Gasteiger partial charge in [-0.1, -0.05) is 23.8 Å². The number of hydrogen-bond acceptors (Lipinski definition) is 2. The zero-order chi connectivity index (χ0) is 13.9. The zero-order valence-electron chi connectivity index (χ0n) is 12.3. The van der Waals surface area contributed by atoms with Crippen LogP contribution in [0.2, 0.25) is 0 Å². The first-order valence-electron chi connectivity index (χ1n) is 7.49. The lowest BCUT2D eigenvalue weighted by Gasteiger charge is -2.29. The third kappa shape index (κ3) is 2.38. The van der Waals surface area contributed by atoms with Crippen molar-refractivity contribution in [2.75, 3.05) is 23.3 Å². The van der Waals surface area contributed by atoms with Crippen LogP contribution in [0.5, 0.6) is 0 Å². The Hall–Kier alpha value is -1.96. The molecule has 104 valence electrons. The van der Waals surface area contributed by atoms with Gasteiger partial charge in [-0.15, -0.1) is 0 Å². The number of benzene rings is 2. The summed E-state index contributed by atoms with van der Waals surface area (Å²) < 4.78 is 0. The molecule has 1 heterocycles. The maximum Gasteiger partial charge on any atom is 0.0463 e. The van der Waals surface area contributed by atoms with Crippen LogP contribution in [0.1, 0.15) is 24.5 Å². The molecule has 0 radical (unpaired) electrons. The quantitative estimate of drug-likeness (QED) is 0.879. The minimum atomic E-state index is 0.986. The zero-order valence-corrected chi connectivity index (χ0v) is 12.3. The summed E-state index contributed by atoms with van der Waals surface area (Å²) >= 11 is 0. The summed E-state index contributed by atoms with van der Waals surface area (Å²) in [6.07, 6.45) is 2.39. The van der Waals surface area contributed by atoms with E-state index in [0.29, 0.717) is 0 Å². The van der Waals surface area contributed by atoms with E-state index < -0.39 is 0 Å². The van der Waals surface area contributed by atoms with Gasteiger partial charge in [0, 0.05) is 30.2 Å². The van der Waals surface area contributed by atoms with E-state index in [1.165, 1.54) is 41.0 Å². The van der Waals surface area contributed by atoms with Crippen LogP contribution in [0.25, 0.3) is 0 Å². The molecule has 20 heavy (non-hydrogen) atoms. The Bertz CT molecular complexity index is 587. The highest BCUT2D eigenvalue weighted by molar-refractivity contribution is 5.73. The van der Waals surface area contributed by atoms with Crippen molar-refractivity contribution < 1.29 is 0 Å². The Morgan fingerprint density at radius 3 is 2.65 bits per heavy atom. The molecule has 0 saturated heterocycles. The first-order chi connectivity index (χ1) is 9.79. The Labute approximate surface area is 121 Å². The highest BCUT2D eigenvalue weighted by Crippen LogP contribution is 2.35. The van der Waals surface area contributed by atoms with Crippen molar-refractivity contribution in [1.82, 2.24) is 0 Å². The highest BCUT2D eigenvalue weighted by atomic mass is 15.1. The topological polar surface area (TPSA) is 15.3 Å². The minimum Gasteiger partial charge on any atom is -0.385 e. The van der Waals surface area contributed by atoms with Gasteiger partial charge in [-0.05, 0) is 56.5 Å². The second-order valence-corrected chi connectivity index (χ2v) is 5.41. The minimum absolute atomic E-state index is 0.986. The normalized spacial score (nSPS) is 13.5. The van der Waals surface area contributed by atoms with Crippen LogP contribution in [-0.4, -0.2) is 13.1 Å². The van der Waals surface area contributed by atoms with E-state index in [1.54, 1.807) is 0 Å². The fraction of sp³-hybridized carbons (Fsp3) is 0.333. The Kier molecular flexibility index (Phi) is 3.64. The van der Waals surface area contributed by atoms with Gasteiger partial charge in [-0.2, -0.15) is 0 Å². The van der Waals surface area contributed by atoms with Crippen LogP contribution < -0.4 is 10.2 Å². The van der Waals surface area contributed by atoms with Crippen molar-refractivity contribution in [3.63, 3.8) is 0 Å². The molecule has 0 bridgehead atoms. The van der Waals surface area contributed by atoms with E-state index >= 15 is 0 Å². The van der Waals surface area contributed by atoms with Crippen LogP contribution in [0.3, 0.4) is 0 Å².